The molecule has 0 aromatic heterocycles. The van der Waals surface area contributed by atoms with Crippen LogP contribution >= 0.6 is 0 Å². The quantitative estimate of drug-likeness (QED) is 0.625. The molecule has 0 spiro atoms. The van der Waals surface area contributed by atoms with E-state index in [-0.39, 0.29) is 11.6 Å². The molecule has 19 heavy (non-hydrogen) atoms. The molecule has 0 bridgehead atoms. The number of nitro benzene ring substituents is 1. The average Bonchev–Trinajstić information content (AvgIpc) is 2.37. The van der Waals surface area contributed by atoms with Crippen molar-refractivity contribution in [1.29, 1.82) is 0 Å². The molecule has 0 aliphatic heterocycles. The standard InChI is InChI=1S/C12H18N4O3/c1-14(2)12(17)9-4-5-10(15(3)7-6-13)11(8-9)16(18)19/h4-5,8H,6-7,13H2,1-3H3. The number of anilines is 1. The molecule has 1 aromatic rings. The van der Waals surface area contributed by atoms with Crippen LogP contribution in [0.2, 0.25) is 0 Å². The van der Waals surface area contributed by atoms with E-state index in [4.69, 9.17) is 5.73 Å². The van der Waals surface area contributed by atoms with Crippen LogP contribution in [0.15, 0.2) is 18.2 Å². The molecule has 0 heterocycles. The van der Waals surface area contributed by atoms with Gasteiger partial charge in [0, 0.05) is 45.9 Å². The first-order chi connectivity index (χ1) is 8.88. The van der Waals surface area contributed by atoms with Crippen LogP contribution in [0.5, 0.6) is 0 Å². The van der Waals surface area contributed by atoms with Gasteiger partial charge in [-0.1, -0.05) is 0 Å². The van der Waals surface area contributed by atoms with Crippen LogP contribution in [0.4, 0.5) is 11.4 Å². The first-order valence-corrected chi connectivity index (χ1v) is 5.79. The molecule has 7 nitrogen and oxygen atoms in total. The summed E-state index contributed by atoms with van der Waals surface area (Å²) in [7, 11) is 4.92. The third-order valence-corrected chi connectivity index (χ3v) is 2.70. The van der Waals surface area contributed by atoms with Crippen LogP contribution in [0, 0.1) is 10.1 Å². The molecule has 0 atom stereocenters. The zero-order chi connectivity index (χ0) is 14.6. The second-order valence-electron chi connectivity index (χ2n) is 4.37. The number of nitrogens with two attached hydrogens (primary N) is 1. The molecule has 0 fully saturated rings. The molecule has 0 aliphatic rings. The Morgan fingerprint density at radius 2 is 2.00 bits per heavy atom. The molecular formula is C12H18N4O3. The van der Waals surface area contributed by atoms with Crippen LogP contribution in [0.3, 0.4) is 0 Å². The van der Waals surface area contributed by atoms with Crippen LogP contribution in [0.25, 0.3) is 0 Å². The minimum absolute atomic E-state index is 0.0938. The summed E-state index contributed by atoms with van der Waals surface area (Å²) >= 11 is 0. The first kappa shape index (κ1) is 14.9. The third-order valence-electron chi connectivity index (χ3n) is 2.70. The highest BCUT2D eigenvalue weighted by Crippen LogP contribution is 2.28. The Bertz CT molecular complexity index is 488. The first-order valence-electron chi connectivity index (χ1n) is 5.79. The molecule has 1 amide bonds. The van der Waals surface area contributed by atoms with Gasteiger partial charge in [0.25, 0.3) is 11.6 Å². The summed E-state index contributed by atoms with van der Waals surface area (Å²) in [5, 5.41) is 11.1. The lowest BCUT2D eigenvalue weighted by molar-refractivity contribution is -0.384. The summed E-state index contributed by atoms with van der Waals surface area (Å²) < 4.78 is 0. The molecule has 104 valence electrons. The molecule has 0 saturated heterocycles. The van der Waals surface area contributed by atoms with E-state index in [0.29, 0.717) is 24.3 Å². The molecular weight excluding hydrogens is 248 g/mol. The number of hydrogen-bond acceptors (Lipinski definition) is 5. The molecule has 7 heteroatoms. The number of hydrogen-bond donors (Lipinski definition) is 1. The van der Waals surface area contributed by atoms with Gasteiger partial charge >= 0.3 is 0 Å². The Morgan fingerprint density at radius 1 is 1.37 bits per heavy atom. The predicted octanol–water partition coefficient (Wildman–Crippen LogP) is 0.692. The second-order valence-corrected chi connectivity index (χ2v) is 4.37. The highest BCUT2D eigenvalue weighted by molar-refractivity contribution is 5.95. The summed E-state index contributed by atoms with van der Waals surface area (Å²) in [5.74, 6) is -0.267. The Balaban J connectivity index is 3.22. The lowest BCUT2D eigenvalue weighted by Crippen LogP contribution is -2.26. The molecule has 0 radical (unpaired) electrons. The fraction of sp³-hybridized carbons (Fsp3) is 0.417. The number of nitrogens with zero attached hydrogens (tertiary/aromatic N) is 3. The van der Waals surface area contributed by atoms with E-state index in [1.807, 2.05) is 0 Å². The van der Waals surface area contributed by atoms with Gasteiger partial charge in [0.2, 0.25) is 0 Å². The third kappa shape index (κ3) is 3.41. The van der Waals surface area contributed by atoms with Gasteiger partial charge in [0.05, 0.1) is 4.92 Å². The van der Waals surface area contributed by atoms with E-state index in [1.54, 1.807) is 38.2 Å². The lowest BCUT2D eigenvalue weighted by Gasteiger charge is -2.19. The van der Waals surface area contributed by atoms with Crippen LogP contribution in [-0.2, 0) is 0 Å². The van der Waals surface area contributed by atoms with Crippen molar-refractivity contribution in [3.05, 3.63) is 33.9 Å². The Morgan fingerprint density at radius 3 is 2.47 bits per heavy atom. The smallest absolute Gasteiger partial charge is 0.293 e. The van der Waals surface area contributed by atoms with Crippen molar-refractivity contribution in [1.82, 2.24) is 4.90 Å². The highest BCUT2D eigenvalue weighted by atomic mass is 16.6. The van der Waals surface area contributed by atoms with Gasteiger partial charge < -0.3 is 15.5 Å². The van der Waals surface area contributed by atoms with Gasteiger partial charge in [-0.2, -0.15) is 0 Å². The van der Waals surface area contributed by atoms with E-state index in [2.05, 4.69) is 0 Å². The molecule has 0 saturated carbocycles. The zero-order valence-electron chi connectivity index (χ0n) is 11.3. The van der Waals surface area contributed by atoms with Crippen molar-refractivity contribution in [2.24, 2.45) is 5.73 Å². The topological polar surface area (TPSA) is 92.7 Å². The van der Waals surface area contributed by atoms with Crippen molar-refractivity contribution in [2.75, 3.05) is 39.1 Å². The Kier molecular flexibility index (Phi) is 4.82. The number of benzene rings is 1. The maximum absolute atomic E-state index is 11.8. The minimum Gasteiger partial charge on any atom is -0.368 e. The number of carbonyl (C=O) groups is 1. The number of carbonyl (C=O) groups excluding carboxylic acids is 1. The number of amides is 1. The van der Waals surface area contributed by atoms with E-state index in [1.165, 1.54) is 11.0 Å². The summed E-state index contributed by atoms with van der Waals surface area (Å²) in [6, 6.07) is 4.45. The fourth-order valence-electron chi connectivity index (χ4n) is 1.70. The van der Waals surface area contributed by atoms with Crippen molar-refractivity contribution < 1.29 is 9.72 Å². The highest BCUT2D eigenvalue weighted by Gasteiger charge is 2.20. The number of nitro groups is 1. The van der Waals surface area contributed by atoms with Gasteiger partial charge in [-0.3, -0.25) is 14.9 Å². The van der Waals surface area contributed by atoms with E-state index >= 15 is 0 Å². The molecule has 2 N–H and O–H groups in total. The van der Waals surface area contributed by atoms with Gasteiger partial charge in [0.1, 0.15) is 5.69 Å². The summed E-state index contributed by atoms with van der Waals surface area (Å²) in [6.07, 6.45) is 0. The van der Waals surface area contributed by atoms with Gasteiger partial charge in [-0.25, -0.2) is 0 Å². The maximum Gasteiger partial charge on any atom is 0.293 e. The maximum atomic E-state index is 11.8. The van der Waals surface area contributed by atoms with Crippen LogP contribution < -0.4 is 10.6 Å². The van der Waals surface area contributed by atoms with Crippen LogP contribution in [0.1, 0.15) is 10.4 Å². The predicted molar refractivity (Wildman–Crippen MR) is 73.4 cm³/mol. The van der Waals surface area contributed by atoms with Crippen molar-refractivity contribution >= 4 is 17.3 Å². The van der Waals surface area contributed by atoms with Crippen LogP contribution in [-0.4, -0.2) is 50.0 Å². The van der Waals surface area contributed by atoms with Gasteiger partial charge in [-0.05, 0) is 12.1 Å². The van der Waals surface area contributed by atoms with Gasteiger partial charge in [-0.15, -0.1) is 0 Å². The van der Waals surface area contributed by atoms with Crippen molar-refractivity contribution in [3.8, 4) is 0 Å². The Hall–Kier alpha value is -2.15. The molecule has 1 rings (SSSR count). The van der Waals surface area contributed by atoms with E-state index in [9.17, 15) is 14.9 Å². The zero-order valence-corrected chi connectivity index (χ0v) is 11.3. The largest absolute Gasteiger partial charge is 0.368 e. The van der Waals surface area contributed by atoms with E-state index < -0.39 is 4.92 Å². The molecule has 1 aromatic carbocycles. The van der Waals surface area contributed by atoms with E-state index in [0.717, 1.165) is 0 Å². The monoisotopic (exact) mass is 266 g/mol. The SMILES string of the molecule is CN(C)C(=O)c1ccc(N(C)CCN)c([N+](=O)[O-])c1. The lowest BCUT2D eigenvalue weighted by atomic mass is 10.1. The number of likely N-dealkylation sites (N-methyl/N-ethyl adjacent to an activating group) is 1. The summed E-state index contributed by atoms with van der Waals surface area (Å²) in [5.41, 5.74) is 6.09. The molecule has 0 unspecified atom stereocenters. The number of rotatable bonds is 5. The van der Waals surface area contributed by atoms with Gasteiger partial charge in [0.15, 0.2) is 0 Å². The second kappa shape index (κ2) is 6.14. The minimum atomic E-state index is -0.491. The summed E-state index contributed by atoms with van der Waals surface area (Å²) in [4.78, 5) is 25.5. The summed E-state index contributed by atoms with van der Waals surface area (Å²) in [6.45, 7) is 0.897. The molecule has 0 aliphatic carbocycles. The fourth-order valence-corrected chi connectivity index (χ4v) is 1.70. The Labute approximate surface area is 111 Å². The average molecular weight is 266 g/mol. The normalized spacial score (nSPS) is 10.1. The van der Waals surface area contributed by atoms with Crippen molar-refractivity contribution in [2.45, 2.75) is 0 Å². The van der Waals surface area contributed by atoms with Crippen molar-refractivity contribution in [3.63, 3.8) is 0 Å².